The van der Waals surface area contributed by atoms with Crippen molar-refractivity contribution in [1.82, 2.24) is 4.98 Å². The number of hydrogen-bond donors (Lipinski definition) is 0. The summed E-state index contributed by atoms with van der Waals surface area (Å²) in [5.41, 5.74) is -0.552. The molecule has 0 bridgehead atoms. The van der Waals surface area contributed by atoms with Crippen LogP contribution in [0, 0.1) is 5.82 Å². The third-order valence-electron chi connectivity index (χ3n) is 1.59. The molecule has 0 radical (unpaired) electrons. The molecule has 4 nitrogen and oxygen atoms in total. The van der Waals surface area contributed by atoms with Crippen LogP contribution in [0.1, 0.15) is 17.3 Å². The SMILES string of the molecule is CCOC(=O)C(=O)c1cc(Cl)nc(Cl)c1F. The molecule has 16 heavy (non-hydrogen) atoms. The van der Waals surface area contributed by atoms with E-state index in [1.54, 1.807) is 0 Å². The summed E-state index contributed by atoms with van der Waals surface area (Å²) in [5, 5.41) is -0.751. The van der Waals surface area contributed by atoms with Gasteiger partial charge in [-0.1, -0.05) is 23.2 Å². The van der Waals surface area contributed by atoms with Crippen molar-refractivity contribution in [2.75, 3.05) is 6.61 Å². The van der Waals surface area contributed by atoms with Crippen molar-refractivity contribution in [3.63, 3.8) is 0 Å². The lowest BCUT2D eigenvalue weighted by Crippen LogP contribution is -2.19. The second-order valence-corrected chi connectivity index (χ2v) is 3.39. The monoisotopic (exact) mass is 265 g/mol. The fourth-order valence-electron chi connectivity index (χ4n) is 0.941. The molecule has 1 heterocycles. The first kappa shape index (κ1) is 12.9. The zero-order valence-corrected chi connectivity index (χ0v) is 9.60. The van der Waals surface area contributed by atoms with E-state index in [2.05, 4.69) is 9.72 Å². The average Bonchev–Trinajstić information content (AvgIpc) is 2.22. The minimum absolute atomic E-state index is 0.0126. The van der Waals surface area contributed by atoms with Crippen molar-refractivity contribution in [2.24, 2.45) is 0 Å². The standard InChI is InChI=1S/C9H6Cl2FNO3/c1-2-16-9(15)7(14)4-3-5(10)13-8(11)6(4)12/h3H,2H2,1H3. The van der Waals surface area contributed by atoms with Gasteiger partial charge in [0.2, 0.25) is 0 Å². The number of carbonyl (C=O) groups is 2. The third-order valence-corrected chi connectivity index (χ3v) is 2.04. The van der Waals surface area contributed by atoms with Gasteiger partial charge in [0.15, 0.2) is 11.0 Å². The lowest BCUT2D eigenvalue weighted by molar-refractivity contribution is -0.137. The largest absolute Gasteiger partial charge is 0.460 e. The fraction of sp³-hybridized carbons (Fsp3) is 0.222. The van der Waals surface area contributed by atoms with Crippen molar-refractivity contribution in [3.8, 4) is 0 Å². The molecule has 0 N–H and O–H groups in total. The van der Waals surface area contributed by atoms with E-state index in [9.17, 15) is 14.0 Å². The Hall–Kier alpha value is -1.20. The first-order chi connectivity index (χ1) is 7.47. The predicted octanol–water partition coefficient (Wildman–Crippen LogP) is 2.27. The van der Waals surface area contributed by atoms with Gasteiger partial charge in [0.1, 0.15) is 5.15 Å². The smallest absolute Gasteiger partial charge is 0.379 e. The Morgan fingerprint density at radius 2 is 2.12 bits per heavy atom. The number of esters is 1. The van der Waals surface area contributed by atoms with Crippen LogP contribution < -0.4 is 0 Å². The van der Waals surface area contributed by atoms with E-state index in [4.69, 9.17) is 23.2 Å². The molecule has 0 aliphatic rings. The summed E-state index contributed by atoms with van der Waals surface area (Å²) in [7, 11) is 0. The van der Waals surface area contributed by atoms with Gasteiger partial charge < -0.3 is 4.74 Å². The lowest BCUT2D eigenvalue weighted by atomic mass is 10.2. The van der Waals surface area contributed by atoms with Crippen LogP contribution in [0.5, 0.6) is 0 Å². The molecular weight excluding hydrogens is 260 g/mol. The van der Waals surface area contributed by atoms with Crippen LogP contribution in [0.25, 0.3) is 0 Å². The van der Waals surface area contributed by atoms with Crippen molar-refractivity contribution in [3.05, 3.63) is 27.8 Å². The summed E-state index contributed by atoms with van der Waals surface area (Å²) in [6.45, 7) is 1.53. The van der Waals surface area contributed by atoms with E-state index in [-0.39, 0.29) is 11.8 Å². The molecule has 0 spiro atoms. The first-order valence-electron chi connectivity index (χ1n) is 4.20. The summed E-state index contributed by atoms with van der Waals surface area (Å²) >= 11 is 10.9. The normalized spacial score (nSPS) is 10.0. The van der Waals surface area contributed by atoms with E-state index < -0.39 is 28.3 Å². The third kappa shape index (κ3) is 2.68. The van der Waals surface area contributed by atoms with Gasteiger partial charge in [-0.15, -0.1) is 0 Å². The maximum absolute atomic E-state index is 13.4. The Morgan fingerprint density at radius 3 is 2.69 bits per heavy atom. The molecule has 0 amide bonds. The van der Waals surface area contributed by atoms with Crippen LogP contribution in [0.15, 0.2) is 6.07 Å². The molecule has 0 saturated carbocycles. The van der Waals surface area contributed by atoms with E-state index in [0.717, 1.165) is 6.07 Å². The Labute approximate surface area is 100 Å². The van der Waals surface area contributed by atoms with Gasteiger partial charge in [-0.2, -0.15) is 0 Å². The van der Waals surface area contributed by atoms with Crippen LogP contribution in [-0.4, -0.2) is 23.3 Å². The van der Waals surface area contributed by atoms with Crippen LogP contribution in [-0.2, 0) is 9.53 Å². The number of Topliss-reactive ketones (excluding diaryl/α,β-unsaturated/α-hetero) is 1. The summed E-state index contributed by atoms with van der Waals surface area (Å²) in [5.74, 6) is -3.41. The quantitative estimate of drug-likeness (QED) is 0.364. The molecule has 0 aliphatic heterocycles. The highest BCUT2D eigenvalue weighted by Crippen LogP contribution is 2.20. The number of ether oxygens (including phenoxy) is 1. The summed E-state index contributed by atoms with van der Waals surface area (Å²) in [6.07, 6.45) is 0. The topological polar surface area (TPSA) is 56.3 Å². The maximum atomic E-state index is 13.4. The highest BCUT2D eigenvalue weighted by molar-refractivity contribution is 6.42. The van der Waals surface area contributed by atoms with Crippen LogP contribution in [0.3, 0.4) is 0 Å². The molecule has 0 aliphatic carbocycles. The number of hydrogen-bond acceptors (Lipinski definition) is 4. The number of aromatic nitrogens is 1. The van der Waals surface area contributed by atoms with Crippen LogP contribution in [0.4, 0.5) is 4.39 Å². The Kier molecular flexibility index (Phi) is 4.20. The van der Waals surface area contributed by atoms with Gasteiger partial charge in [0, 0.05) is 0 Å². The van der Waals surface area contributed by atoms with Crippen LogP contribution >= 0.6 is 23.2 Å². The number of carbonyl (C=O) groups excluding carboxylic acids is 2. The fourth-order valence-corrected chi connectivity index (χ4v) is 1.37. The molecule has 0 aromatic carbocycles. The van der Waals surface area contributed by atoms with E-state index in [0.29, 0.717) is 0 Å². The van der Waals surface area contributed by atoms with Crippen molar-refractivity contribution in [2.45, 2.75) is 6.92 Å². The molecule has 1 rings (SSSR count). The van der Waals surface area contributed by atoms with E-state index in [1.807, 2.05) is 0 Å². The van der Waals surface area contributed by atoms with Crippen molar-refractivity contribution < 1.29 is 18.7 Å². The first-order valence-corrected chi connectivity index (χ1v) is 4.96. The average molecular weight is 266 g/mol. The number of pyridine rings is 1. The molecule has 1 aromatic heterocycles. The minimum Gasteiger partial charge on any atom is -0.460 e. The maximum Gasteiger partial charge on any atom is 0.379 e. The van der Waals surface area contributed by atoms with Gasteiger partial charge in [-0.3, -0.25) is 4.79 Å². The highest BCUT2D eigenvalue weighted by atomic mass is 35.5. The van der Waals surface area contributed by atoms with Gasteiger partial charge in [0.25, 0.3) is 5.78 Å². The second-order valence-electron chi connectivity index (χ2n) is 2.65. The van der Waals surface area contributed by atoms with E-state index in [1.165, 1.54) is 6.92 Å². The Balaban J connectivity index is 3.13. The Bertz CT molecular complexity index is 451. The van der Waals surface area contributed by atoms with Crippen molar-refractivity contribution in [1.29, 1.82) is 0 Å². The lowest BCUT2D eigenvalue weighted by Gasteiger charge is -2.03. The van der Waals surface area contributed by atoms with Gasteiger partial charge in [-0.05, 0) is 13.0 Å². The molecule has 7 heteroatoms. The molecule has 0 unspecified atom stereocenters. The molecule has 1 aromatic rings. The number of ketones is 1. The zero-order chi connectivity index (χ0) is 12.3. The van der Waals surface area contributed by atoms with Crippen LogP contribution in [0.2, 0.25) is 10.3 Å². The molecule has 86 valence electrons. The summed E-state index contributed by atoms with van der Waals surface area (Å²) < 4.78 is 17.8. The summed E-state index contributed by atoms with van der Waals surface area (Å²) in [4.78, 5) is 25.8. The van der Waals surface area contributed by atoms with Gasteiger partial charge in [-0.25, -0.2) is 14.2 Å². The second kappa shape index (κ2) is 5.23. The number of nitrogens with zero attached hydrogens (tertiary/aromatic N) is 1. The van der Waals surface area contributed by atoms with Gasteiger partial charge >= 0.3 is 5.97 Å². The summed E-state index contributed by atoms with van der Waals surface area (Å²) in [6, 6.07) is 0.919. The van der Waals surface area contributed by atoms with Gasteiger partial charge in [0.05, 0.1) is 12.2 Å². The molecule has 0 saturated heterocycles. The van der Waals surface area contributed by atoms with E-state index >= 15 is 0 Å². The molecular formula is C9H6Cl2FNO3. The predicted molar refractivity (Wildman–Crippen MR) is 55.2 cm³/mol. The number of halogens is 3. The molecule has 0 atom stereocenters. The Morgan fingerprint density at radius 1 is 1.50 bits per heavy atom. The molecule has 0 fully saturated rings. The highest BCUT2D eigenvalue weighted by Gasteiger charge is 2.24. The number of rotatable bonds is 3. The zero-order valence-electron chi connectivity index (χ0n) is 8.09. The van der Waals surface area contributed by atoms with Crippen molar-refractivity contribution >= 4 is 35.0 Å². The minimum atomic E-state index is -1.17.